The Morgan fingerprint density at radius 3 is 2.29 bits per heavy atom. The molecule has 2 aromatic carbocycles. The zero-order chi connectivity index (χ0) is 25.3. The summed E-state index contributed by atoms with van der Waals surface area (Å²) in [6.45, 7) is 11.4. The summed E-state index contributed by atoms with van der Waals surface area (Å²) >= 11 is 1.60. The van der Waals surface area contributed by atoms with Gasteiger partial charge in [0.2, 0.25) is 5.91 Å². The molecule has 1 fully saturated rings. The van der Waals surface area contributed by atoms with Crippen LogP contribution in [0, 0.1) is 11.3 Å². The smallest absolute Gasteiger partial charge is 0.326 e. The monoisotopic (exact) mass is 485 g/mol. The Morgan fingerprint density at radius 2 is 1.71 bits per heavy atom. The predicted octanol–water partition coefficient (Wildman–Crippen LogP) is 5.38. The summed E-state index contributed by atoms with van der Waals surface area (Å²) in [5.41, 5.74) is -1.18. The molecular weight excluding hydrogens is 450 g/mol. The van der Waals surface area contributed by atoms with Crippen LogP contribution in [0.3, 0.4) is 0 Å². The molecule has 0 radical (unpaired) electrons. The lowest BCUT2D eigenvalue weighted by molar-refractivity contribution is -0.161. The Labute approximate surface area is 206 Å². The van der Waals surface area contributed by atoms with Gasteiger partial charge < -0.3 is 14.7 Å². The first-order valence-electron chi connectivity index (χ1n) is 11.7. The number of fused-ring (bicyclic) bond motifs is 1. The zero-order valence-corrected chi connectivity index (χ0v) is 21.6. The molecule has 3 atom stereocenters. The van der Waals surface area contributed by atoms with Crippen molar-refractivity contribution in [2.45, 2.75) is 76.2 Å². The number of rotatable bonds is 6. The van der Waals surface area contributed by atoms with Crippen molar-refractivity contribution < 1.29 is 24.2 Å². The molecule has 6 nitrogen and oxygen atoms in total. The van der Waals surface area contributed by atoms with E-state index in [1.165, 1.54) is 4.90 Å². The number of hydrogen-bond donors (Lipinski definition) is 1. The van der Waals surface area contributed by atoms with E-state index in [4.69, 9.17) is 4.74 Å². The number of ether oxygens (including phenoxy) is 1. The van der Waals surface area contributed by atoms with E-state index in [0.29, 0.717) is 13.0 Å². The van der Waals surface area contributed by atoms with E-state index in [1.807, 2.05) is 39.0 Å². The topological polar surface area (TPSA) is 83.9 Å². The van der Waals surface area contributed by atoms with E-state index >= 15 is 0 Å². The molecule has 7 heteroatoms. The van der Waals surface area contributed by atoms with Gasteiger partial charge in [0.15, 0.2) is 0 Å². The SMILES string of the molecule is CC(C)(C)OC(=O)CC(C(=O)N1C[C@H](Sc2ccc3ccccc3c2)C[C@H]1C(=O)O)C(C)(C)C. The summed E-state index contributed by atoms with van der Waals surface area (Å²) in [6.07, 6.45) is 0.285. The normalized spacial score (nSPS) is 19.8. The fraction of sp³-hybridized carbons (Fsp3) is 0.519. The minimum atomic E-state index is -1.01. The van der Waals surface area contributed by atoms with Crippen LogP contribution in [0.1, 0.15) is 54.4 Å². The molecule has 1 aliphatic heterocycles. The molecule has 0 spiro atoms. The second-order valence-corrected chi connectivity index (χ2v) is 12.4. The van der Waals surface area contributed by atoms with Crippen molar-refractivity contribution in [2.24, 2.45) is 11.3 Å². The van der Waals surface area contributed by atoms with Crippen molar-refractivity contribution in [1.29, 1.82) is 0 Å². The van der Waals surface area contributed by atoms with E-state index in [2.05, 4.69) is 24.3 Å². The Hall–Kier alpha value is -2.54. The molecule has 1 unspecified atom stereocenters. The van der Waals surface area contributed by atoms with Crippen molar-refractivity contribution in [1.82, 2.24) is 4.90 Å². The molecule has 184 valence electrons. The van der Waals surface area contributed by atoms with Crippen LogP contribution in [-0.4, -0.2) is 51.3 Å². The fourth-order valence-corrected chi connectivity index (χ4v) is 5.55. The largest absolute Gasteiger partial charge is 0.480 e. The number of likely N-dealkylation sites (tertiary alicyclic amines) is 1. The molecule has 1 saturated heterocycles. The van der Waals surface area contributed by atoms with Crippen LogP contribution in [0.15, 0.2) is 47.4 Å². The number of carbonyl (C=O) groups is 3. The maximum atomic E-state index is 13.6. The Bertz CT molecular complexity index is 1070. The van der Waals surface area contributed by atoms with Crippen LogP contribution in [0.25, 0.3) is 10.8 Å². The molecule has 0 bridgehead atoms. The first kappa shape index (κ1) is 26.1. The quantitative estimate of drug-likeness (QED) is 0.553. The molecule has 34 heavy (non-hydrogen) atoms. The van der Waals surface area contributed by atoms with Gasteiger partial charge in [0, 0.05) is 16.7 Å². The molecule has 0 aromatic heterocycles. The van der Waals surface area contributed by atoms with Gasteiger partial charge in [-0.3, -0.25) is 9.59 Å². The van der Waals surface area contributed by atoms with Gasteiger partial charge in [-0.2, -0.15) is 0 Å². The number of nitrogens with zero attached hydrogens (tertiary/aromatic N) is 1. The van der Waals surface area contributed by atoms with Crippen molar-refractivity contribution in [2.75, 3.05) is 6.54 Å². The number of carbonyl (C=O) groups excluding carboxylic acids is 2. The van der Waals surface area contributed by atoms with Gasteiger partial charge >= 0.3 is 11.9 Å². The number of amides is 1. The molecule has 1 aliphatic rings. The minimum absolute atomic E-state index is 0.0478. The van der Waals surface area contributed by atoms with Gasteiger partial charge in [-0.05, 0) is 55.5 Å². The summed E-state index contributed by atoms with van der Waals surface area (Å²) in [4.78, 5) is 40.8. The zero-order valence-electron chi connectivity index (χ0n) is 20.8. The highest BCUT2D eigenvalue weighted by Gasteiger charge is 2.45. The summed E-state index contributed by atoms with van der Waals surface area (Å²) in [6, 6.07) is 13.4. The highest BCUT2D eigenvalue weighted by atomic mass is 32.2. The van der Waals surface area contributed by atoms with Crippen LogP contribution < -0.4 is 0 Å². The fourth-order valence-electron chi connectivity index (χ4n) is 4.31. The third kappa shape index (κ3) is 6.53. The summed E-state index contributed by atoms with van der Waals surface area (Å²) in [5.74, 6) is -2.44. The summed E-state index contributed by atoms with van der Waals surface area (Å²) in [5, 5.41) is 12.1. The van der Waals surface area contributed by atoms with E-state index < -0.39 is 34.9 Å². The Balaban J connectivity index is 1.78. The molecule has 2 aromatic rings. The number of hydrogen-bond acceptors (Lipinski definition) is 5. The number of benzene rings is 2. The maximum absolute atomic E-state index is 13.6. The number of esters is 1. The van der Waals surface area contributed by atoms with Crippen LogP contribution in [0.4, 0.5) is 0 Å². The molecular formula is C27H35NO5S. The predicted molar refractivity (Wildman–Crippen MR) is 135 cm³/mol. The number of carboxylic acids is 1. The van der Waals surface area contributed by atoms with Gasteiger partial charge in [0.25, 0.3) is 0 Å². The van der Waals surface area contributed by atoms with Crippen LogP contribution in [0.2, 0.25) is 0 Å². The van der Waals surface area contributed by atoms with Crippen molar-refractivity contribution in [3.8, 4) is 0 Å². The Kier molecular flexibility index (Phi) is 7.65. The van der Waals surface area contributed by atoms with Gasteiger partial charge in [-0.25, -0.2) is 4.79 Å². The molecule has 1 N–H and O–H groups in total. The number of aliphatic carboxylic acids is 1. The minimum Gasteiger partial charge on any atom is -0.480 e. The standard InChI is InChI=1S/C27H35NO5S/c1-26(2,3)21(15-23(29)33-27(4,5)6)24(30)28-16-20(14-22(28)25(31)32)34-19-12-11-17-9-7-8-10-18(17)13-19/h7-13,20-22H,14-16H2,1-6H3,(H,31,32)/t20-,21?,22+/m1/s1. The highest BCUT2D eigenvalue weighted by molar-refractivity contribution is 8.00. The second-order valence-electron chi connectivity index (χ2n) is 11.0. The van der Waals surface area contributed by atoms with E-state index in [0.717, 1.165) is 15.7 Å². The molecule has 1 heterocycles. The Morgan fingerprint density at radius 1 is 1.06 bits per heavy atom. The van der Waals surface area contributed by atoms with Gasteiger partial charge in [0.1, 0.15) is 11.6 Å². The van der Waals surface area contributed by atoms with Crippen LogP contribution in [-0.2, 0) is 19.1 Å². The lowest BCUT2D eigenvalue weighted by Crippen LogP contribution is -2.47. The molecule has 3 rings (SSSR count). The van der Waals surface area contributed by atoms with Crippen molar-refractivity contribution in [3.05, 3.63) is 42.5 Å². The highest BCUT2D eigenvalue weighted by Crippen LogP contribution is 2.38. The van der Waals surface area contributed by atoms with E-state index in [-0.39, 0.29) is 17.6 Å². The molecule has 1 amide bonds. The summed E-state index contributed by atoms with van der Waals surface area (Å²) < 4.78 is 5.46. The van der Waals surface area contributed by atoms with Gasteiger partial charge in [-0.1, -0.05) is 51.1 Å². The molecule has 0 saturated carbocycles. The van der Waals surface area contributed by atoms with Gasteiger partial charge in [-0.15, -0.1) is 11.8 Å². The average molecular weight is 486 g/mol. The lowest BCUT2D eigenvalue weighted by Gasteiger charge is -2.34. The third-order valence-corrected chi connectivity index (χ3v) is 7.19. The van der Waals surface area contributed by atoms with Crippen molar-refractivity contribution >= 4 is 40.4 Å². The van der Waals surface area contributed by atoms with Crippen LogP contribution in [0.5, 0.6) is 0 Å². The third-order valence-electron chi connectivity index (χ3n) is 5.99. The summed E-state index contributed by atoms with van der Waals surface area (Å²) in [7, 11) is 0. The number of carboxylic acid groups (broad SMARTS) is 1. The second kappa shape index (κ2) is 9.98. The van der Waals surface area contributed by atoms with E-state index in [9.17, 15) is 19.5 Å². The van der Waals surface area contributed by atoms with Crippen molar-refractivity contribution in [3.63, 3.8) is 0 Å². The molecule has 0 aliphatic carbocycles. The van der Waals surface area contributed by atoms with Crippen LogP contribution >= 0.6 is 11.8 Å². The number of thioether (sulfide) groups is 1. The maximum Gasteiger partial charge on any atom is 0.326 e. The first-order chi connectivity index (χ1) is 15.7. The van der Waals surface area contributed by atoms with E-state index in [1.54, 1.807) is 32.5 Å². The van der Waals surface area contributed by atoms with Gasteiger partial charge in [0.05, 0.1) is 12.3 Å². The first-order valence-corrected chi connectivity index (χ1v) is 12.5. The average Bonchev–Trinajstić information content (AvgIpc) is 3.13. The lowest BCUT2D eigenvalue weighted by atomic mass is 9.77.